The van der Waals surface area contributed by atoms with Crippen LogP contribution in [0, 0.1) is 0 Å². The monoisotopic (exact) mass is 946 g/mol. The number of rotatable bonds is 16. The highest BCUT2D eigenvalue weighted by Gasteiger charge is 2.23. The molecular formula is C60H50N8O4. The number of fused-ring (bicyclic) bond motifs is 8. The summed E-state index contributed by atoms with van der Waals surface area (Å²) in [4.78, 5) is 71.2. The molecule has 0 radical (unpaired) electrons. The van der Waals surface area contributed by atoms with Crippen molar-refractivity contribution in [2.45, 2.75) is 25.7 Å². The lowest BCUT2D eigenvalue weighted by Crippen LogP contribution is -2.11. The Morgan fingerprint density at radius 1 is 0.361 bits per heavy atom. The molecule has 0 aliphatic carbocycles. The fourth-order valence-electron chi connectivity index (χ4n) is 8.91. The van der Waals surface area contributed by atoms with Gasteiger partial charge in [0.25, 0.3) is 0 Å². The van der Waals surface area contributed by atoms with Crippen molar-refractivity contribution < 1.29 is 19.2 Å². The largest absolute Gasteiger partial charge is 0.354 e. The minimum absolute atomic E-state index is 0.110. The summed E-state index contributed by atoms with van der Waals surface area (Å²) >= 11 is 0. The standard InChI is InChI=1S/C60H50N8O4/c1-5-17-53(69)65-41-25-13-9-21-37(41)57-45-29-31-47(61-45)58(38-22-10-14-26-42(38)66-54(70)18-6-2)49-33-35-51(63-49)60(40-24-12-16-28-44(40)68-56(72)20-8-4)52-36-34-50(64-52)59(48-32-30-46(57)62-48)39-23-11-15-27-43(39)67-55(71)19-7-3/h5-16,21-36,61,64H,1-4,17-20H2,(H,65,69)(H,66,70)(H,67,71)(H,68,72). The molecule has 72 heavy (non-hydrogen) atoms. The maximum absolute atomic E-state index is 13.2. The number of para-hydroxylation sites is 4. The Bertz CT molecular complexity index is 3150. The van der Waals surface area contributed by atoms with Crippen LogP contribution >= 0.6 is 0 Å². The van der Waals surface area contributed by atoms with E-state index in [0.29, 0.717) is 112 Å². The maximum atomic E-state index is 13.2. The van der Waals surface area contributed by atoms with E-state index in [9.17, 15) is 19.2 Å². The van der Waals surface area contributed by atoms with Gasteiger partial charge >= 0.3 is 0 Å². The third-order valence-corrected chi connectivity index (χ3v) is 12.0. The van der Waals surface area contributed by atoms with Crippen LogP contribution in [0.25, 0.3) is 90.9 Å². The number of nitrogens with one attached hydrogen (secondary N) is 6. The lowest BCUT2D eigenvalue weighted by molar-refractivity contribution is -0.116. The van der Waals surface area contributed by atoms with Crippen LogP contribution in [-0.2, 0) is 19.2 Å². The molecule has 6 N–H and O–H groups in total. The zero-order chi connectivity index (χ0) is 50.1. The number of carbonyl (C=O) groups excluding carboxylic acids is 4. The summed E-state index contributed by atoms with van der Waals surface area (Å²) in [6.45, 7) is 15.1. The highest BCUT2D eigenvalue weighted by atomic mass is 16.2. The number of hydrogen-bond donors (Lipinski definition) is 6. The average Bonchev–Trinajstić information content (AvgIpc) is 4.23. The summed E-state index contributed by atoms with van der Waals surface area (Å²) in [6, 6.07) is 38.1. The van der Waals surface area contributed by atoms with Crippen molar-refractivity contribution in [1.29, 1.82) is 0 Å². The Kier molecular flexibility index (Phi) is 14.0. The van der Waals surface area contributed by atoms with E-state index in [2.05, 4.69) is 57.6 Å². The molecule has 9 rings (SSSR count). The number of H-pyrrole nitrogens is 2. The predicted octanol–water partition coefficient (Wildman–Crippen LogP) is 13.4. The predicted molar refractivity (Wildman–Crippen MR) is 294 cm³/mol. The molecule has 5 heterocycles. The molecule has 3 aromatic heterocycles. The summed E-state index contributed by atoms with van der Waals surface area (Å²) in [6.07, 6.45) is 14.4. The summed E-state index contributed by atoms with van der Waals surface area (Å²) in [5, 5.41) is 12.3. The molecule has 8 bridgehead atoms. The van der Waals surface area contributed by atoms with Gasteiger partial charge in [-0.05, 0) is 72.8 Å². The number of benzene rings is 4. The van der Waals surface area contributed by atoms with Crippen LogP contribution in [0.15, 0.2) is 172 Å². The SMILES string of the molecule is C=CCC(=O)Nc1ccccc1-c1c2nc(c(-c3ccccc3NC(=O)CC=C)c3ccc([nH]3)c(-c3ccccc3NC(=O)CC=C)c3nc(c(-c4ccccc4NC(=O)CC=C)c4ccc1[nH]4)C=C3)C=C2. The number of carbonyl (C=O) groups is 4. The second kappa shape index (κ2) is 21.3. The second-order valence-electron chi connectivity index (χ2n) is 16.8. The number of amides is 4. The van der Waals surface area contributed by atoms with Crippen molar-refractivity contribution in [3.05, 3.63) is 195 Å². The number of aromatic amines is 2. The molecule has 7 aromatic rings. The molecule has 2 aliphatic rings. The van der Waals surface area contributed by atoms with Gasteiger partial charge in [0, 0.05) is 115 Å². The fraction of sp³-hybridized carbons (Fsp3) is 0.0667. The lowest BCUT2D eigenvalue weighted by Gasteiger charge is -2.14. The molecule has 12 nitrogen and oxygen atoms in total. The van der Waals surface area contributed by atoms with Crippen molar-refractivity contribution in [2.24, 2.45) is 0 Å². The van der Waals surface area contributed by atoms with Gasteiger partial charge in [-0.25, -0.2) is 9.97 Å². The quantitative estimate of drug-likeness (QED) is 0.0526. The van der Waals surface area contributed by atoms with Gasteiger partial charge in [-0.3, -0.25) is 19.2 Å². The number of anilines is 4. The first-order valence-corrected chi connectivity index (χ1v) is 23.3. The van der Waals surface area contributed by atoms with Gasteiger partial charge in [0.1, 0.15) is 0 Å². The maximum Gasteiger partial charge on any atom is 0.228 e. The minimum atomic E-state index is -0.232. The van der Waals surface area contributed by atoms with E-state index < -0.39 is 0 Å². The Morgan fingerprint density at radius 3 is 0.806 bits per heavy atom. The molecule has 0 unspecified atom stereocenters. The van der Waals surface area contributed by atoms with Gasteiger partial charge in [0.2, 0.25) is 23.6 Å². The Labute approximate surface area is 416 Å². The second-order valence-corrected chi connectivity index (χ2v) is 16.8. The van der Waals surface area contributed by atoms with Crippen LogP contribution in [0.5, 0.6) is 0 Å². The molecule has 0 atom stereocenters. The van der Waals surface area contributed by atoms with Gasteiger partial charge in [-0.15, -0.1) is 26.3 Å². The van der Waals surface area contributed by atoms with Crippen LogP contribution in [0.2, 0.25) is 0 Å². The number of nitrogens with zero attached hydrogens (tertiary/aromatic N) is 2. The molecule has 0 saturated heterocycles. The molecule has 0 saturated carbocycles. The molecule has 0 fully saturated rings. The van der Waals surface area contributed by atoms with E-state index in [1.54, 1.807) is 24.3 Å². The van der Waals surface area contributed by atoms with E-state index in [0.717, 1.165) is 0 Å². The van der Waals surface area contributed by atoms with Crippen LogP contribution in [0.4, 0.5) is 22.7 Å². The van der Waals surface area contributed by atoms with E-state index in [1.165, 1.54) is 0 Å². The zero-order valence-corrected chi connectivity index (χ0v) is 39.4. The molecule has 4 aromatic carbocycles. The van der Waals surface area contributed by atoms with Crippen molar-refractivity contribution in [1.82, 2.24) is 19.9 Å². The third kappa shape index (κ3) is 9.91. The van der Waals surface area contributed by atoms with Crippen molar-refractivity contribution in [3.63, 3.8) is 0 Å². The van der Waals surface area contributed by atoms with E-state index in [1.807, 2.05) is 146 Å². The van der Waals surface area contributed by atoms with Gasteiger partial charge in [-0.2, -0.15) is 0 Å². The Hall–Kier alpha value is -9.68. The van der Waals surface area contributed by atoms with Crippen molar-refractivity contribution in [3.8, 4) is 44.5 Å². The first kappa shape index (κ1) is 47.4. The summed E-state index contributed by atoms with van der Waals surface area (Å²) < 4.78 is 0. The number of aromatic nitrogens is 4. The normalized spacial score (nSPS) is 11.3. The van der Waals surface area contributed by atoms with Crippen LogP contribution in [0.3, 0.4) is 0 Å². The first-order valence-electron chi connectivity index (χ1n) is 23.3. The molecule has 354 valence electrons. The summed E-state index contributed by atoms with van der Waals surface area (Å²) in [5.74, 6) is -0.927. The smallest absolute Gasteiger partial charge is 0.228 e. The van der Waals surface area contributed by atoms with Crippen LogP contribution < -0.4 is 21.3 Å². The van der Waals surface area contributed by atoms with E-state index >= 15 is 0 Å². The highest BCUT2D eigenvalue weighted by molar-refractivity contribution is 6.07. The van der Waals surface area contributed by atoms with Gasteiger partial charge < -0.3 is 31.2 Å². The van der Waals surface area contributed by atoms with E-state index in [-0.39, 0.29) is 49.3 Å². The molecular weight excluding hydrogens is 897 g/mol. The third-order valence-electron chi connectivity index (χ3n) is 12.0. The average molecular weight is 947 g/mol. The van der Waals surface area contributed by atoms with Crippen molar-refractivity contribution >= 4 is 92.7 Å². The molecule has 12 heteroatoms. The summed E-state index contributed by atoms with van der Waals surface area (Å²) in [7, 11) is 0. The van der Waals surface area contributed by atoms with Crippen molar-refractivity contribution in [2.75, 3.05) is 21.3 Å². The van der Waals surface area contributed by atoms with Gasteiger partial charge in [0.15, 0.2) is 0 Å². The summed E-state index contributed by atoms with van der Waals surface area (Å²) in [5.41, 5.74) is 12.8. The lowest BCUT2D eigenvalue weighted by atomic mass is 10.0. The van der Waals surface area contributed by atoms with Crippen LogP contribution in [-0.4, -0.2) is 43.6 Å². The zero-order valence-electron chi connectivity index (χ0n) is 39.4. The van der Waals surface area contributed by atoms with Gasteiger partial charge in [0.05, 0.1) is 22.8 Å². The van der Waals surface area contributed by atoms with Crippen LogP contribution in [0.1, 0.15) is 48.5 Å². The van der Waals surface area contributed by atoms with E-state index in [4.69, 9.17) is 9.97 Å². The van der Waals surface area contributed by atoms with Gasteiger partial charge in [-0.1, -0.05) is 97.1 Å². The topological polar surface area (TPSA) is 174 Å². The minimum Gasteiger partial charge on any atom is -0.354 e. The molecule has 0 spiro atoms. The molecule has 4 amide bonds. The highest BCUT2D eigenvalue weighted by Crippen LogP contribution is 2.43. The molecule has 2 aliphatic heterocycles. The Morgan fingerprint density at radius 2 is 0.583 bits per heavy atom. The fourth-order valence-corrected chi connectivity index (χ4v) is 8.91. The number of hydrogen-bond acceptors (Lipinski definition) is 6. The first-order chi connectivity index (χ1) is 35.2. The Balaban J connectivity index is 1.46.